The van der Waals surface area contributed by atoms with Gasteiger partial charge in [-0.05, 0) is 37.2 Å². The second kappa shape index (κ2) is 30.7. The minimum atomic E-state index is -0.663. The number of carboxylic acids is 2. The van der Waals surface area contributed by atoms with Gasteiger partial charge in [-0.25, -0.2) is 0 Å². The molecule has 0 amide bonds. The van der Waals surface area contributed by atoms with Crippen molar-refractivity contribution in [1.82, 2.24) is 0 Å². The Morgan fingerprint density at radius 3 is 0.909 bits per heavy atom. The molecule has 4 nitrogen and oxygen atoms in total. The van der Waals surface area contributed by atoms with Gasteiger partial charge in [-0.1, -0.05) is 89.9 Å². The molecule has 33 heavy (non-hydrogen) atoms. The zero-order chi connectivity index (χ0) is 23.5. The number of unbranched alkanes of at least 4 members (excludes halogenated alkanes) is 16. The Bertz CT molecular complexity index is 387. The van der Waals surface area contributed by atoms with E-state index in [1.54, 1.807) is 0 Å². The fraction of sp³-hybridized carbons (Fsp3) is 0.923. The van der Waals surface area contributed by atoms with Crippen molar-refractivity contribution < 1.29 is 19.8 Å². The molecule has 0 aromatic rings. The van der Waals surface area contributed by atoms with Gasteiger partial charge in [-0.3, -0.25) is 9.59 Å². The second-order valence-electron chi connectivity index (χ2n) is 8.88. The molecule has 0 unspecified atom stereocenters. The van der Waals surface area contributed by atoms with Crippen molar-refractivity contribution in [1.29, 1.82) is 0 Å². The van der Waals surface area contributed by atoms with Gasteiger partial charge in [0.25, 0.3) is 0 Å². The standard InChI is InChI=1S/C26H50O4S2.Na.H/c27-25(28)19-15-11-7-3-1-5-9-13-17-21-31-23-24-32-22-18-14-10-6-2-4-8-12-16-20-26(29)30;;/h1-24H2,(H,27,28)(H,29,30);;. The maximum absolute atomic E-state index is 10.4. The van der Waals surface area contributed by atoms with Crippen molar-refractivity contribution in [2.45, 2.75) is 128 Å². The van der Waals surface area contributed by atoms with Crippen LogP contribution in [-0.4, -0.2) is 74.7 Å². The number of carboxylic acid groups (broad SMARTS) is 2. The van der Waals surface area contributed by atoms with Crippen molar-refractivity contribution in [3.63, 3.8) is 0 Å². The van der Waals surface area contributed by atoms with E-state index in [1.165, 1.54) is 113 Å². The summed E-state index contributed by atoms with van der Waals surface area (Å²) in [5, 5.41) is 17.2. The Hall–Kier alpha value is 0.640. The van der Waals surface area contributed by atoms with Gasteiger partial charge in [0.2, 0.25) is 0 Å². The summed E-state index contributed by atoms with van der Waals surface area (Å²) in [5.41, 5.74) is 0. The molecule has 0 aliphatic rings. The number of hydrogen-bond acceptors (Lipinski definition) is 4. The molecule has 192 valence electrons. The van der Waals surface area contributed by atoms with Gasteiger partial charge in [0.05, 0.1) is 0 Å². The van der Waals surface area contributed by atoms with Gasteiger partial charge in [0.1, 0.15) is 0 Å². The van der Waals surface area contributed by atoms with Crippen LogP contribution in [0.4, 0.5) is 0 Å². The maximum atomic E-state index is 10.4. The molecule has 7 heteroatoms. The molecular weight excluding hydrogens is 463 g/mol. The molecule has 0 bridgehead atoms. The SMILES string of the molecule is O=C(O)CCCCCCCCCCCSCCSCCCCCCCCCCCC(=O)O.[NaH]. The third-order valence-corrected chi connectivity index (χ3v) is 8.13. The van der Waals surface area contributed by atoms with E-state index >= 15 is 0 Å². The molecule has 0 saturated heterocycles. The molecule has 0 spiro atoms. The Morgan fingerprint density at radius 2 is 0.636 bits per heavy atom. The molecule has 0 aromatic carbocycles. The molecular formula is C26H51NaO4S2. The van der Waals surface area contributed by atoms with Crippen LogP contribution in [0.15, 0.2) is 0 Å². The molecule has 0 aliphatic carbocycles. The first-order chi connectivity index (χ1) is 15.6. The summed E-state index contributed by atoms with van der Waals surface area (Å²) in [4.78, 5) is 20.9. The summed E-state index contributed by atoms with van der Waals surface area (Å²) >= 11 is 4.23. The summed E-state index contributed by atoms with van der Waals surface area (Å²) in [7, 11) is 0. The average Bonchev–Trinajstić information content (AvgIpc) is 2.75. The van der Waals surface area contributed by atoms with Crippen LogP contribution in [0.3, 0.4) is 0 Å². The number of hydrogen-bond donors (Lipinski definition) is 2. The number of thioether (sulfide) groups is 2. The number of rotatable bonds is 27. The van der Waals surface area contributed by atoms with E-state index in [-0.39, 0.29) is 29.6 Å². The van der Waals surface area contributed by atoms with E-state index in [1.807, 2.05) is 0 Å². The van der Waals surface area contributed by atoms with Crippen molar-refractivity contribution in [2.75, 3.05) is 23.0 Å². The molecule has 2 N–H and O–H groups in total. The Kier molecular flexibility index (Phi) is 33.3. The molecule has 0 atom stereocenters. The zero-order valence-electron chi connectivity index (χ0n) is 20.5. The van der Waals surface area contributed by atoms with Gasteiger partial charge in [0, 0.05) is 24.3 Å². The van der Waals surface area contributed by atoms with Crippen LogP contribution in [0.25, 0.3) is 0 Å². The average molecular weight is 515 g/mol. The molecule has 0 saturated carbocycles. The van der Waals surface area contributed by atoms with Gasteiger partial charge in [-0.2, -0.15) is 23.5 Å². The third kappa shape index (κ3) is 34.9. The van der Waals surface area contributed by atoms with E-state index in [0.29, 0.717) is 12.8 Å². The quantitative estimate of drug-likeness (QED) is 0.0861. The Morgan fingerprint density at radius 1 is 0.394 bits per heavy atom. The van der Waals surface area contributed by atoms with Crippen LogP contribution in [-0.2, 0) is 9.59 Å². The second-order valence-corrected chi connectivity index (χ2v) is 11.3. The predicted octanol–water partition coefficient (Wildman–Crippen LogP) is 7.78. The summed E-state index contributed by atoms with van der Waals surface area (Å²) in [5.74, 6) is 3.89. The van der Waals surface area contributed by atoms with Gasteiger partial charge >= 0.3 is 41.5 Å². The fourth-order valence-electron chi connectivity index (χ4n) is 3.76. The van der Waals surface area contributed by atoms with Gasteiger partial charge < -0.3 is 10.2 Å². The van der Waals surface area contributed by atoms with E-state index < -0.39 is 11.9 Å². The molecule has 0 radical (unpaired) electrons. The van der Waals surface area contributed by atoms with Crippen LogP contribution < -0.4 is 0 Å². The Balaban J connectivity index is 0. The van der Waals surface area contributed by atoms with Crippen molar-refractivity contribution >= 4 is 65.0 Å². The predicted molar refractivity (Wildman–Crippen MR) is 149 cm³/mol. The summed E-state index contributed by atoms with van der Waals surface area (Å²) in [6.45, 7) is 0. The first-order valence-electron chi connectivity index (χ1n) is 13.2. The van der Waals surface area contributed by atoms with E-state index in [9.17, 15) is 9.59 Å². The summed E-state index contributed by atoms with van der Waals surface area (Å²) in [6.07, 6.45) is 22.8. The van der Waals surface area contributed by atoms with Gasteiger partial charge in [0.15, 0.2) is 0 Å². The zero-order valence-corrected chi connectivity index (χ0v) is 22.1. The van der Waals surface area contributed by atoms with Crippen LogP contribution in [0.5, 0.6) is 0 Å². The first-order valence-corrected chi connectivity index (χ1v) is 15.5. The Labute approximate surface area is 234 Å². The third-order valence-electron chi connectivity index (χ3n) is 5.73. The van der Waals surface area contributed by atoms with Crippen molar-refractivity contribution in [2.24, 2.45) is 0 Å². The van der Waals surface area contributed by atoms with E-state index in [2.05, 4.69) is 23.5 Å². The van der Waals surface area contributed by atoms with Crippen LogP contribution in [0.1, 0.15) is 128 Å². The van der Waals surface area contributed by atoms with Gasteiger partial charge in [-0.15, -0.1) is 0 Å². The van der Waals surface area contributed by atoms with Crippen LogP contribution in [0.2, 0.25) is 0 Å². The summed E-state index contributed by atoms with van der Waals surface area (Å²) < 4.78 is 0. The molecule has 0 aliphatic heterocycles. The van der Waals surface area contributed by atoms with E-state index in [0.717, 1.165) is 25.7 Å². The minimum absolute atomic E-state index is 0. The molecule has 0 rings (SSSR count). The van der Waals surface area contributed by atoms with Crippen LogP contribution >= 0.6 is 23.5 Å². The van der Waals surface area contributed by atoms with Crippen molar-refractivity contribution in [3.05, 3.63) is 0 Å². The normalized spacial score (nSPS) is 10.8. The molecule has 0 aromatic heterocycles. The first kappa shape index (κ1) is 35.8. The van der Waals surface area contributed by atoms with Crippen molar-refractivity contribution in [3.8, 4) is 0 Å². The van der Waals surface area contributed by atoms with Crippen LogP contribution in [0, 0.1) is 0 Å². The molecule has 0 heterocycles. The molecule has 0 fully saturated rings. The monoisotopic (exact) mass is 514 g/mol. The number of carbonyl (C=O) groups is 2. The number of aliphatic carboxylic acids is 2. The van der Waals surface area contributed by atoms with E-state index in [4.69, 9.17) is 10.2 Å². The summed E-state index contributed by atoms with van der Waals surface area (Å²) in [6, 6.07) is 0. The fourth-order valence-corrected chi connectivity index (χ4v) is 5.93. The topological polar surface area (TPSA) is 74.6 Å².